The maximum Gasteiger partial charge on any atom is 0.317 e. The quantitative estimate of drug-likeness (QED) is 0.818. The van der Waals surface area contributed by atoms with Crippen molar-refractivity contribution in [3.8, 4) is 5.75 Å². The second-order valence-electron chi connectivity index (χ2n) is 3.95. The number of hydrogen-bond donors (Lipinski definition) is 1. The molecule has 0 fully saturated rings. The number of ether oxygens (including phenoxy) is 1. The van der Waals surface area contributed by atoms with Crippen molar-refractivity contribution in [2.45, 2.75) is 13.0 Å². The summed E-state index contributed by atoms with van der Waals surface area (Å²) in [5, 5.41) is 2.60. The van der Waals surface area contributed by atoms with E-state index in [9.17, 15) is 4.79 Å². The molecule has 1 aliphatic heterocycles. The Morgan fingerprint density at radius 3 is 3.12 bits per heavy atom. The summed E-state index contributed by atoms with van der Waals surface area (Å²) in [6.07, 6.45) is 0.965. The first-order valence-corrected chi connectivity index (χ1v) is 5.38. The smallest absolute Gasteiger partial charge is 0.317 e. The molecule has 1 aromatic rings. The number of urea groups is 1. The minimum absolute atomic E-state index is 0.0725. The molecule has 0 aliphatic carbocycles. The van der Waals surface area contributed by atoms with E-state index in [2.05, 4.69) is 11.4 Å². The molecule has 2 rings (SSSR count). The third-order valence-corrected chi connectivity index (χ3v) is 2.73. The SMILES string of the molecule is CNC(=O)N(C)Cc1ccc2c(c1)CCO2. The van der Waals surface area contributed by atoms with Crippen molar-refractivity contribution < 1.29 is 9.53 Å². The molecule has 2 amide bonds. The zero-order chi connectivity index (χ0) is 11.5. The minimum atomic E-state index is -0.0725. The third kappa shape index (κ3) is 2.10. The molecule has 1 aromatic carbocycles. The predicted molar refractivity (Wildman–Crippen MR) is 61.6 cm³/mol. The molecule has 0 saturated heterocycles. The highest BCUT2D eigenvalue weighted by Crippen LogP contribution is 2.26. The van der Waals surface area contributed by atoms with E-state index in [0.717, 1.165) is 24.3 Å². The lowest BCUT2D eigenvalue weighted by Gasteiger charge is -2.16. The lowest BCUT2D eigenvalue weighted by atomic mass is 10.1. The molecule has 1 heterocycles. The van der Waals surface area contributed by atoms with E-state index in [1.807, 2.05) is 12.1 Å². The van der Waals surface area contributed by atoms with E-state index >= 15 is 0 Å². The highest BCUT2D eigenvalue weighted by atomic mass is 16.5. The summed E-state index contributed by atoms with van der Waals surface area (Å²) < 4.78 is 5.43. The molecule has 0 aromatic heterocycles. The van der Waals surface area contributed by atoms with Crippen molar-refractivity contribution in [1.82, 2.24) is 10.2 Å². The summed E-state index contributed by atoms with van der Waals surface area (Å²) in [4.78, 5) is 13.0. The van der Waals surface area contributed by atoms with Gasteiger partial charge in [0.15, 0.2) is 0 Å². The zero-order valence-corrected chi connectivity index (χ0v) is 9.62. The van der Waals surface area contributed by atoms with Crippen LogP contribution in [0.3, 0.4) is 0 Å². The first-order chi connectivity index (χ1) is 7.70. The maximum absolute atomic E-state index is 11.3. The largest absolute Gasteiger partial charge is 0.493 e. The molecule has 4 nitrogen and oxygen atoms in total. The number of nitrogens with zero attached hydrogens (tertiary/aromatic N) is 1. The van der Waals surface area contributed by atoms with E-state index in [0.29, 0.717) is 6.54 Å². The lowest BCUT2D eigenvalue weighted by Crippen LogP contribution is -2.34. The van der Waals surface area contributed by atoms with Crippen molar-refractivity contribution in [2.75, 3.05) is 20.7 Å². The van der Waals surface area contributed by atoms with Gasteiger partial charge in [-0.25, -0.2) is 4.79 Å². The second-order valence-corrected chi connectivity index (χ2v) is 3.95. The Morgan fingerprint density at radius 1 is 1.56 bits per heavy atom. The Balaban J connectivity index is 2.08. The highest BCUT2D eigenvalue weighted by molar-refractivity contribution is 5.73. The van der Waals surface area contributed by atoms with E-state index in [-0.39, 0.29) is 6.03 Å². The van der Waals surface area contributed by atoms with Gasteiger partial charge in [0.2, 0.25) is 0 Å². The summed E-state index contributed by atoms with van der Waals surface area (Å²) in [5.41, 5.74) is 2.37. The number of rotatable bonds is 2. The van der Waals surface area contributed by atoms with Crippen LogP contribution in [0.4, 0.5) is 4.79 Å². The summed E-state index contributed by atoms with van der Waals surface area (Å²) in [6.45, 7) is 1.39. The molecular weight excluding hydrogens is 204 g/mol. The third-order valence-electron chi connectivity index (χ3n) is 2.73. The Morgan fingerprint density at radius 2 is 2.38 bits per heavy atom. The number of benzene rings is 1. The molecule has 0 radical (unpaired) electrons. The van der Waals surface area contributed by atoms with Crippen LogP contribution >= 0.6 is 0 Å². The van der Waals surface area contributed by atoms with Crippen LogP contribution < -0.4 is 10.1 Å². The molecule has 16 heavy (non-hydrogen) atoms. The van der Waals surface area contributed by atoms with Crippen molar-refractivity contribution >= 4 is 6.03 Å². The molecular formula is C12H16N2O2. The fourth-order valence-electron chi connectivity index (χ4n) is 1.87. The van der Waals surface area contributed by atoms with Gasteiger partial charge in [0.1, 0.15) is 5.75 Å². The molecule has 1 aliphatic rings. The van der Waals surface area contributed by atoms with Crippen LogP contribution in [0.15, 0.2) is 18.2 Å². The van der Waals surface area contributed by atoms with Crippen LogP contribution in [-0.4, -0.2) is 31.6 Å². The van der Waals surface area contributed by atoms with Gasteiger partial charge in [-0.2, -0.15) is 0 Å². The zero-order valence-electron chi connectivity index (χ0n) is 9.62. The summed E-state index contributed by atoms with van der Waals surface area (Å²) >= 11 is 0. The Kier molecular flexibility index (Phi) is 2.99. The van der Waals surface area contributed by atoms with E-state index < -0.39 is 0 Å². The number of amides is 2. The van der Waals surface area contributed by atoms with Crippen LogP contribution in [0.1, 0.15) is 11.1 Å². The standard InChI is InChI=1S/C12H16N2O2/c1-13-12(15)14(2)8-9-3-4-11-10(7-9)5-6-16-11/h3-4,7H,5-6,8H2,1-2H3,(H,13,15). The van der Waals surface area contributed by atoms with Gasteiger partial charge < -0.3 is 15.0 Å². The van der Waals surface area contributed by atoms with Crippen LogP contribution in [0.5, 0.6) is 5.75 Å². The molecule has 0 bridgehead atoms. The van der Waals surface area contributed by atoms with E-state index in [4.69, 9.17) is 4.74 Å². The fraction of sp³-hybridized carbons (Fsp3) is 0.417. The van der Waals surface area contributed by atoms with Gasteiger partial charge in [-0.1, -0.05) is 12.1 Å². The summed E-state index contributed by atoms with van der Waals surface area (Å²) in [7, 11) is 3.41. The molecule has 1 N–H and O–H groups in total. The normalized spacial score (nSPS) is 12.9. The van der Waals surface area contributed by atoms with E-state index in [1.165, 1.54) is 5.56 Å². The summed E-state index contributed by atoms with van der Waals surface area (Å²) in [6, 6.07) is 6.03. The average Bonchev–Trinajstić information content (AvgIpc) is 2.75. The number of carbonyl (C=O) groups excluding carboxylic acids is 1. The van der Waals surface area contributed by atoms with Gasteiger partial charge >= 0.3 is 6.03 Å². The second kappa shape index (κ2) is 4.43. The minimum Gasteiger partial charge on any atom is -0.493 e. The highest BCUT2D eigenvalue weighted by Gasteiger charge is 2.13. The van der Waals surface area contributed by atoms with Gasteiger partial charge in [0, 0.05) is 27.1 Å². The number of hydrogen-bond acceptors (Lipinski definition) is 2. The molecule has 4 heteroatoms. The molecule has 0 unspecified atom stereocenters. The Bertz CT molecular complexity index is 404. The first-order valence-electron chi connectivity index (χ1n) is 5.38. The topological polar surface area (TPSA) is 41.6 Å². The maximum atomic E-state index is 11.3. The Hall–Kier alpha value is -1.71. The van der Waals surface area contributed by atoms with Crippen LogP contribution in [-0.2, 0) is 13.0 Å². The van der Waals surface area contributed by atoms with Crippen molar-refractivity contribution in [3.63, 3.8) is 0 Å². The molecule has 0 spiro atoms. The first kappa shape index (κ1) is 10.8. The monoisotopic (exact) mass is 220 g/mol. The van der Waals surface area contributed by atoms with Crippen LogP contribution in [0.25, 0.3) is 0 Å². The van der Waals surface area contributed by atoms with Gasteiger partial charge in [0.25, 0.3) is 0 Å². The lowest BCUT2D eigenvalue weighted by molar-refractivity contribution is 0.209. The van der Waals surface area contributed by atoms with Crippen molar-refractivity contribution in [1.29, 1.82) is 0 Å². The predicted octanol–water partition coefficient (Wildman–Crippen LogP) is 1.39. The number of nitrogens with one attached hydrogen (secondary N) is 1. The van der Waals surface area contributed by atoms with Gasteiger partial charge in [-0.3, -0.25) is 0 Å². The fourth-order valence-corrected chi connectivity index (χ4v) is 1.87. The number of carbonyl (C=O) groups is 1. The van der Waals surface area contributed by atoms with Gasteiger partial charge in [-0.05, 0) is 17.2 Å². The van der Waals surface area contributed by atoms with Crippen LogP contribution in [0, 0.1) is 0 Å². The van der Waals surface area contributed by atoms with Gasteiger partial charge in [0.05, 0.1) is 6.61 Å². The molecule has 0 atom stereocenters. The van der Waals surface area contributed by atoms with Crippen molar-refractivity contribution in [2.24, 2.45) is 0 Å². The van der Waals surface area contributed by atoms with Crippen molar-refractivity contribution in [3.05, 3.63) is 29.3 Å². The summed E-state index contributed by atoms with van der Waals surface area (Å²) in [5.74, 6) is 0.978. The number of fused-ring (bicyclic) bond motifs is 1. The van der Waals surface area contributed by atoms with E-state index in [1.54, 1.807) is 19.0 Å². The Labute approximate surface area is 95.2 Å². The van der Waals surface area contributed by atoms with Crippen LogP contribution in [0.2, 0.25) is 0 Å². The van der Waals surface area contributed by atoms with Gasteiger partial charge in [-0.15, -0.1) is 0 Å². The molecule has 0 saturated carbocycles. The molecule has 86 valence electrons. The average molecular weight is 220 g/mol.